The Kier molecular flexibility index (Phi) is 4.86. The number of methoxy groups -OCH3 is 1. The molecule has 0 N–H and O–H groups in total. The van der Waals surface area contributed by atoms with Crippen molar-refractivity contribution in [3.05, 3.63) is 29.5 Å². The molecule has 0 spiro atoms. The molecule has 2 bridgehead atoms. The molecule has 2 aliphatic heterocycles. The smallest absolute Gasteiger partial charge is 0.417 e. The van der Waals surface area contributed by atoms with E-state index in [9.17, 15) is 18.0 Å². The largest absolute Gasteiger partial charge is 0.481 e. The highest BCUT2D eigenvalue weighted by atomic mass is 19.4. The van der Waals surface area contributed by atoms with Crippen LogP contribution in [0.4, 0.5) is 18.0 Å². The predicted octanol–water partition coefficient (Wildman–Crippen LogP) is 4.66. The van der Waals surface area contributed by atoms with Crippen LogP contribution in [0, 0.1) is 0 Å². The molecule has 8 heteroatoms. The van der Waals surface area contributed by atoms with E-state index in [-0.39, 0.29) is 24.1 Å². The summed E-state index contributed by atoms with van der Waals surface area (Å²) in [4.78, 5) is 18.0. The standard InChI is InChI=1S/C19H23F3N2O3/c1-18(2,3)27-17(25)24-13-5-6-14(24)8-11(7-13)15-9-12(19(20,21)22)10-23-16(15)26-4/h7,9-10,13-14H,5-6,8H2,1-4H3. The van der Waals surface area contributed by atoms with Crippen LogP contribution in [0.2, 0.25) is 0 Å². The van der Waals surface area contributed by atoms with Gasteiger partial charge in [-0.25, -0.2) is 9.78 Å². The van der Waals surface area contributed by atoms with Crippen molar-refractivity contribution in [2.24, 2.45) is 0 Å². The summed E-state index contributed by atoms with van der Waals surface area (Å²) in [6.45, 7) is 5.41. The number of amides is 1. The highest BCUT2D eigenvalue weighted by Crippen LogP contribution is 2.42. The van der Waals surface area contributed by atoms with Crippen molar-refractivity contribution in [3.8, 4) is 5.88 Å². The van der Waals surface area contributed by atoms with Gasteiger partial charge in [0.05, 0.1) is 18.7 Å². The molecule has 0 radical (unpaired) electrons. The first-order valence-corrected chi connectivity index (χ1v) is 8.83. The van der Waals surface area contributed by atoms with E-state index >= 15 is 0 Å². The SMILES string of the molecule is COc1ncc(C(F)(F)F)cc1C1=CC2CCC(C1)N2C(=O)OC(C)(C)C. The van der Waals surface area contributed by atoms with Crippen molar-refractivity contribution in [1.29, 1.82) is 0 Å². The van der Waals surface area contributed by atoms with Gasteiger partial charge >= 0.3 is 12.3 Å². The average molecular weight is 384 g/mol. The molecule has 1 aromatic heterocycles. The van der Waals surface area contributed by atoms with Crippen molar-refractivity contribution < 1.29 is 27.4 Å². The van der Waals surface area contributed by atoms with E-state index in [1.54, 1.807) is 25.7 Å². The minimum Gasteiger partial charge on any atom is -0.481 e. The maximum atomic E-state index is 13.1. The number of fused-ring (bicyclic) bond motifs is 2. The first-order chi connectivity index (χ1) is 12.5. The number of carbonyl (C=O) groups is 1. The zero-order valence-electron chi connectivity index (χ0n) is 15.8. The van der Waals surface area contributed by atoms with Crippen molar-refractivity contribution in [3.63, 3.8) is 0 Å². The number of pyridine rings is 1. The minimum atomic E-state index is -4.48. The number of hydrogen-bond donors (Lipinski definition) is 0. The molecule has 2 unspecified atom stereocenters. The van der Waals surface area contributed by atoms with Crippen molar-refractivity contribution >= 4 is 11.7 Å². The van der Waals surface area contributed by atoms with E-state index in [1.165, 1.54) is 7.11 Å². The van der Waals surface area contributed by atoms with Gasteiger partial charge in [-0.3, -0.25) is 4.90 Å². The Labute approximate surface area is 156 Å². The highest BCUT2D eigenvalue weighted by Gasteiger charge is 2.42. The molecule has 0 saturated carbocycles. The molecule has 0 aromatic carbocycles. The molecule has 148 valence electrons. The molecule has 27 heavy (non-hydrogen) atoms. The van der Waals surface area contributed by atoms with Gasteiger partial charge in [0.25, 0.3) is 0 Å². The molecule has 1 aromatic rings. The summed E-state index contributed by atoms with van der Waals surface area (Å²) in [7, 11) is 1.38. The maximum Gasteiger partial charge on any atom is 0.417 e. The quantitative estimate of drug-likeness (QED) is 0.744. The van der Waals surface area contributed by atoms with Gasteiger partial charge in [0.15, 0.2) is 0 Å². The molecular weight excluding hydrogens is 361 g/mol. The first kappa shape index (κ1) is 19.5. The fourth-order valence-corrected chi connectivity index (χ4v) is 3.63. The van der Waals surface area contributed by atoms with Gasteiger partial charge in [-0.1, -0.05) is 6.08 Å². The molecule has 3 heterocycles. The Morgan fingerprint density at radius 1 is 1.26 bits per heavy atom. The van der Waals surface area contributed by atoms with E-state index in [0.717, 1.165) is 30.7 Å². The lowest BCUT2D eigenvalue weighted by Crippen LogP contribution is -2.45. The van der Waals surface area contributed by atoms with Crippen LogP contribution in [0.25, 0.3) is 5.57 Å². The summed E-state index contributed by atoms with van der Waals surface area (Å²) in [6, 6.07) is 0.761. The van der Waals surface area contributed by atoms with Crippen LogP contribution in [0.3, 0.4) is 0 Å². The zero-order chi connectivity index (χ0) is 20.0. The monoisotopic (exact) mass is 384 g/mol. The van der Waals surface area contributed by atoms with Crippen LogP contribution in [0.5, 0.6) is 5.88 Å². The third kappa shape index (κ3) is 4.04. The van der Waals surface area contributed by atoms with E-state index in [4.69, 9.17) is 9.47 Å². The highest BCUT2D eigenvalue weighted by molar-refractivity contribution is 5.76. The number of hydrogen-bond acceptors (Lipinski definition) is 4. The van der Waals surface area contributed by atoms with Crippen LogP contribution in [-0.2, 0) is 10.9 Å². The molecular formula is C19H23F3N2O3. The summed E-state index contributed by atoms with van der Waals surface area (Å²) in [5, 5.41) is 0. The Bertz CT molecular complexity index is 768. The summed E-state index contributed by atoms with van der Waals surface area (Å²) in [6.07, 6.45) is -0.291. The van der Waals surface area contributed by atoms with Crippen LogP contribution >= 0.6 is 0 Å². The number of ether oxygens (including phenoxy) is 2. The van der Waals surface area contributed by atoms with Gasteiger partial charge in [-0.2, -0.15) is 13.2 Å². The van der Waals surface area contributed by atoms with Crippen LogP contribution in [-0.4, -0.2) is 40.8 Å². The summed E-state index contributed by atoms with van der Waals surface area (Å²) >= 11 is 0. The van der Waals surface area contributed by atoms with Crippen molar-refractivity contribution in [2.75, 3.05) is 7.11 Å². The summed E-state index contributed by atoms with van der Waals surface area (Å²) in [5.74, 6) is 0.152. The third-order valence-corrected chi connectivity index (χ3v) is 4.72. The van der Waals surface area contributed by atoms with Gasteiger partial charge in [0.2, 0.25) is 5.88 Å². The lowest BCUT2D eigenvalue weighted by atomic mass is 9.94. The predicted molar refractivity (Wildman–Crippen MR) is 93.3 cm³/mol. The Balaban J connectivity index is 1.92. The van der Waals surface area contributed by atoms with E-state index in [1.807, 2.05) is 6.08 Å². The van der Waals surface area contributed by atoms with Gasteiger partial charge in [0, 0.05) is 17.8 Å². The Morgan fingerprint density at radius 3 is 2.52 bits per heavy atom. The maximum absolute atomic E-state index is 13.1. The fraction of sp³-hybridized carbons (Fsp3) is 0.579. The first-order valence-electron chi connectivity index (χ1n) is 8.83. The lowest BCUT2D eigenvalue weighted by Gasteiger charge is -2.35. The number of nitrogens with zero attached hydrogens (tertiary/aromatic N) is 2. The van der Waals surface area contributed by atoms with Gasteiger partial charge in [-0.05, 0) is 51.7 Å². The van der Waals surface area contributed by atoms with Crippen molar-refractivity contribution in [2.45, 2.75) is 63.9 Å². The second kappa shape index (κ2) is 6.73. The fourth-order valence-electron chi connectivity index (χ4n) is 3.63. The Hall–Kier alpha value is -2.25. The minimum absolute atomic E-state index is 0.107. The van der Waals surface area contributed by atoms with Crippen LogP contribution < -0.4 is 4.74 Å². The van der Waals surface area contributed by atoms with E-state index < -0.39 is 17.3 Å². The average Bonchev–Trinajstić information content (AvgIpc) is 2.82. The summed E-state index contributed by atoms with van der Waals surface area (Å²) in [5.41, 5.74) is -0.374. The van der Waals surface area contributed by atoms with Gasteiger partial charge in [-0.15, -0.1) is 0 Å². The number of rotatable bonds is 2. The molecule has 1 amide bonds. The number of carbonyl (C=O) groups excluding carboxylic acids is 1. The van der Waals surface area contributed by atoms with E-state index in [0.29, 0.717) is 12.0 Å². The third-order valence-electron chi connectivity index (χ3n) is 4.72. The normalized spacial score (nSPS) is 22.5. The second-order valence-electron chi connectivity index (χ2n) is 7.86. The molecule has 2 atom stereocenters. The van der Waals surface area contributed by atoms with Crippen molar-refractivity contribution in [1.82, 2.24) is 9.88 Å². The molecule has 2 aliphatic rings. The van der Waals surface area contributed by atoms with E-state index in [2.05, 4.69) is 4.98 Å². The zero-order valence-corrected chi connectivity index (χ0v) is 15.8. The second-order valence-corrected chi connectivity index (χ2v) is 7.86. The molecule has 0 aliphatic carbocycles. The van der Waals surface area contributed by atoms with Crippen LogP contribution in [0.1, 0.15) is 51.2 Å². The molecule has 5 nitrogen and oxygen atoms in total. The number of aromatic nitrogens is 1. The molecule has 3 rings (SSSR count). The Morgan fingerprint density at radius 2 is 1.96 bits per heavy atom. The van der Waals surface area contributed by atoms with Crippen LogP contribution in [0.15, 0.2) is 18.3 Å². The topological polar surface area (TPSA) is 51.7 Å². The summed E-state index contributed by atoms with van der Waals surface area (Å²) < 4.78 is 49.9. The number of alkyl halides is 3. The van der Waals surface area contributed by atoms with Gasteiger partial charge < -0.3 is 9.47 Å². The van der Waals surface area contributed by atoms with Gasteiger partial charge in [0.1, 0.15) is 5.60 Å². The lowest BCUT2D eigenvalue weighted by molar-refractivity contribution is -0.137. The number of halogens is 3. The molecule has 1 saturated heterocycles. The molecule has 1 fully saturated rings.